The standard InChI is InChI=1S/C30H33NO9S/c1-30(2,3)40-29(34)31-24(28(33)38-19-21-9-7-6-8-10-21)17-20-11-14-23(15-12-20)39-25-16-13-22(27(32)37-4)18-26(25)41(5,35)36/h6-16,18,24H,17,19H2,1-5H3,(H,31,34)/t24-/m0/s1. The van der Waals surface area contributed by atoms with E-state index in [0.717, 1.165) is 11.8 Å². The molecule has 0 aliphatic carbocycles. The minimum absolute atomic E-state index is 0.0295. The highest BCUT2D eigenvalue weighted by Crippen LogP contribution is 2.30. The van der Waals surface area contributed by atoms with Gasteiger partial charge in [-0.3, -0.25) is 0 Å². The molecule has 0 aromatic heterocycles. The molecule has 0 unspecified atom stereocenters. The zero-order valence-corrected chi connectivity index (χ0v) is 24.3. The highest BCUT2D eigenvalue weighted by atomic mass is 32.2. The van der Waals surface area contributed by atoms with Crippen LogP contribution in [0.2, 0.25) is 0 Å². The molecule has 10 nitrogen and oxygen atoms in total. The number of rotatable bonds is 10. The molecule has 0 fully saturated rings. The normalized spacial score (nSPS) is 12.1. The number of carbonyl (C=O) groups is 3. The van der Waals surface area contributed by atoms with E-state index < -0.39 is 39.5 Å². The van der Waals surface area contributed by atoms with Gasteiger partial charge in [-0.2, -0.15) is 0 Å². The van der Waals surface area contributed by atoms with Crippen LogP contribution in [0.5, 0.6) is 11.5 Å². The van der Waals surface area contributed by atoms with Crippen molar-refractivity contribution in [2.24, 2.45) is 0 Å². The second-order valence-corrected chi connectivity index (χ2v) is 12.2. The van der Waals surface area contributed by atoms with E-state index in [1.807, 2.05) is 30.3 Å². The first-order valence-corrected chi connectivity index (χ1v) is 14.5. The minimum atomic E-state index is -3.74. The van der Waals surface area contributed by atoms with Crippen molar-refractivity contribution in [3.05, 3.63) is 89.5 Å². The number of alkyl carbamates (subject to hydrolysis) is 1. The van der Waals surface area contributed by atoms with E-state index in [-0.39, 0.29) is 29.2 Å². The van der Waals surface area contributed by atoms with Crippen LogP contribution in [-0.2, 0) is 41.9 Å². The number of sulfone groups is 1. The molecule has 0 heterocycles. The molecule has 0 aliphatic heterocycles. The quantitative estimate of drug-likeness (QED) is 0.263. The Morgan fingerprint density at radius 3 is 2.15 bits per heavy atom. The fraction of sp³-hybridized carbons (Fsp3) is 0.300. The highest BCUT2D eigenvalue weighted by molar-refractivity contribution is 7.90. The van der Waals surface area contributed by atoms with E-state index in [1.165, 1.54) is 25.3 Å². The van der Waals surface area contributed by atoms with E-state index in [1.54, 1.807) is 45.0 Å². The second kappa shape index (κ2) is 13.3. The van der Waals surface area contributed by atoms with Gasteiger partial charge in [0.25, 0.3) is 0 Å². The van der Waals surface area contributed by atoms with E-state index in [0.29, 0.717) is 11.3 Å². The van der Waals surface area contributed by atoms with Gasteiger partial charge in [-0.1, -0.05) is 42.5 Å². The predicted octanol–water partition coefficient (Wildman–Crippen LogP) is 4.85. The molecule has 1 atom stereocenters. The van der Waals surface area contributed by atoms with Gasteiger partial charge in [-0.05, 0) is 62.2 Å². The zero-order valence-electron chi connectivity index (χ0n) is 23.5. The number of amides is 1. The van der Waals surface area contributed by atoms with E-state index >= 15 is 0 Å². The van der Waals surface area contributed by atoms with Gasteiger partial charge in [-0.15, -0.1) is 0 Å². The Hall–Kier alpha value is -4.38. The van der Waals surface area contributed by atoms with Crippen LogP contribution in [0.4, 0.5) is 4.79 Å². The molecule has 0 bridgehead atoms. The maximum Gasteiger partial charge on any atom is 0.408 e. The molecule has 11 heteroatoms. The molecule has 0 radical (unpaired) electrons. The van der Waals surface area contributed by atoms with Crippen molar-refractivity contribution in [1.29, 1.82) is 0 Å². The summed E-state index contributed by atoms with van der Waals surface area (Å²) in [5.41, 5.74) is 0.769. The zero-order chi connectivity index (χ0) is 30.2. The predicted molar refractivity (Wildman–Crippen MR) is 151 cm³/mol. The molecule has 0 spiro atoms. The van der Waals surface area contributed by atoms with Gasteiger partial charge in [0.1, 0.15) is 34.6 Å². The van der Waals surface area contributed by atoms with Crippen LogP contribution >= 0.6 is 0 Å². The molecule has 41 heavy (non-hydrogen) atoms. The van der Waals surface area contributed by atoms with Crippen molar-refractivity contribution in [2.75, 3.05) is 13.4 Å². The van der Waals surface area contributed by atoms with Crippen molar-refractivity contribution in [3.63, 3.8) is 0 Å². The molecular weight excluding hydrogens is 550 g/mol. The summed E-state index contributed by atoms with van der Waals surface area (Å²) in [7, 11) is -2.54. The number of nitrogens with one attached hydrogen (secondary N) is 1. The van der Waals surface area contributed by atoms with Gasteiger partial charge in [-0.25, -0.2) is 22.8 Å². The lowest BCUT2D eigenvalue weighted by molar-refractivity contribution is -0.147. The van der Waals surface area contributed by atoms with Gasteiger partial charge in [0.2, 0.25) is 0 Å². The average molecular weight is 584 g/mol. The number of benzene rings is 3. The van der Waals surface area contributed by atoms with Crippen LogP contribution in [0, 0.1) is 0 Å². The first kappa shape index (κ1) is 31.2. The molecule has 0 aliphatic rings. The molecule has 1 amide bonds. The number of esters is 2. The van der Waals surface area contributed by atoms with Gasteiger partial charge >= 0.3 is 18.0 Å². The Balaban J connectivity index is 1.77. The smallest absolute Gasteiger partial charge is 0.408 e. The minimum Gasteiger partial charge on any atom is -0.465 e. The molecule has 3 aromatic carbocycles. The van der Waals surface area contributed by atoms with Crippen molar-refractivity contribution < 1.29 is 41.7 Å². The van der Waals surface area contributed by atoms with Gasteiger partial charge in [0, 0.05) is 12.7 Å². The Labute approximate surface area is 239 Å². The third-order valence-corrected chi connectivity index (χ3v) is 6.67. The number of ether oxygens (including phenoxy) is 4. The molecule has 218 valence electrons. The van der Waals surface area contributed by atoms with Crippen LogP contribution in [0.3, 0.4) is 0 Å². The summed E-state index contributed by atoms with van der Waals surface area (Å²) in [5.74, 6) is -0.971. The number of hydrogen-bond acceptors (Lipinski definition) is 9. The van der Waals surface area contributed by atoms with Crippen LogP contribution in [-0.4, -0.2) is 51.5 Å². The van der Waals surface area contributed by atoms with Gasteiger partial charge < -0.3 is 24.3 Å². The summed E-state index contributed by atoms with van der Waals surface area (Å²) >= 11 is 0. The van der Waals surface area contributed by atoms with E-state index in [2.05, 4.69) is 10.1 Å². The SMILES string of the molecule is COC(=O)c1ccc(Oc2ccc(C[C@H](NC(=O)OC(C)(C)C)C(=O)OCc3ccccc3)cc2)c(S(C)(=O)=O)c1. The summed E-state index contributed by atoms with van der Waals surface area (Å²) in [5, 5.41) is 2.58. The molecule has 1 N–H and O–H groups in total. The maximum absolute atomic E-state index is 13.0. The van der Waals surface area contributed by atoms with Crippen LogP contribution < -0.4 is 10.1 Å². The second-order valence-electron chi connectivity index (χ2n) is 10.2. The first-order chi connectivity index (χ1) is 19.2. The average Bonchev–Trinajstić information content (AvgIpc) is 2.91. The lowest BCUT2D eigenvalue weighted by atomic mass is 10.1. The molecule has 0 saturated heterocycles. The Kier molecular flexibility index (Phi) is 10.1. The summed E-state index contributed by atoms with van der Waals surface area (Å²) in [6, 6.07) is 18.6. The first-order valence-electron chi connectivity index (χ1n) is 12.6. The van der Waals surface area contributed by atoms with Crippen LogP contribution in [0.25, 0.3) is 0 Å². The van der Waals surface area contributed by atoms with Crippen molar-refractivity contribution in [2.45, 2.75) is 50.3 Å². The van der Waals surface area contributed by atoms with Gasteiger partial charge in [0.05, 0.1) is 12.7 Å². The molecule has 0 saturated carbocycles. The lowest BCUT2D eigenvalue weighted by Gasteiger charge is -2.23. The maximum atomic E-state index is 13.0. The van der Waals surface area contributed by atoms with Crippen molar-refractivity contribution in [1.82, 2.24) is 5.32 Å². The summed E-state index contributed by atoms with van der Waals surface area (Å²) in [4.78, 5) is 37.1. The van der Waals surface area contributed by atoms with Crippen LogP contribution in [0.1, 0.15) is 42.3 Å². The monoisotopic (exact) mass is 583 g/mol. The molecule has 3 rings (SSSR count). The highest BCUT2D eigenvalue weighted by Gasteiger charge is 2.26. The Morgan fingerprint density at radius 2 is 1.56 bits per heavy atom. The Morgan fingerprint density at radius 1 is 0.902 bits per heavy atom. The summed E-state index contributed by atoms with van der Waals surface area (Å²) in [6.45, 7) is 5.18. The number of methoxy groups -OCH3 is 1. The largest absolute Gasteiger partial charge is 0.465 e. The lowest BCUT2D eigenvalue weighted by Crippen LogP contribution is -2.45. The number of hydrogen-bond donors (Lipinski definition) is 1. The fourth-order valence-corrected chi connectivity index (χ4v) is 4.47. The van der Waals surface area contributed by atoms with E-state index in [9.17, 15) is 22.8 Å². The Bertz CT molecular complexity index is 1480. The summed E-state index contributed by atoms with van der Waals surface area (Å²) in [6.07, 6.45) is 0.340. The summed E-state index contributed by atoms with van der Waals surface area (Å²) < 4.78 is 45.9. The van der Waals surface area contributed by atoms with Crippen molar-refractivity contribution >= 4 is 27.9 Å². The number of carbonyl (C=O) groups excluding carboxylic acids is 3. The third-order valence-electron chi connectivity index (χ3n) is 5.55. The van der Waals surface area contributed by atoms with Crippen LogP contribution in [0.15, 0.2) is 77.7 Å². The van der Waals surface area contributed by atoms with Crippen molar-refractivity contribution in [3.8, 4) is 11.5 Å². The fourth-order valence-electron chi connectivity index (χ4n) is 3.66. The van der Waals surface area contributed by atoms with Gasteiger partial charge in [0.15, 0.2) is 9.84 Å². The molecular formula is C30H33NO9S. The topological polar surface area (TPSA) is 134 Å². The van der Waals surface area contributed by atoms with E-state index in [4.69, 9.17) is 14.2 Å². The molecule has 3 aromatic rings. The third kappa shape index (κ3) is 9.64.